The third kappa shape index (κ3) is 2.27. The van der Waals surface area contributed by atoms with Gasteiger partial charge in [0, 0.05) is 11.8 Å². The highest BCUT2D eigenvalue weighted by Crippen LogP contribution is 2.62. The van der Waals surface area contributed by atoms with E-state index in [4.69, 9.17) is 14.2 Å². The topological polar surface area (TPSA) is 103 Å². The molecule has 2 saturated carbocycles. The van der Waals surface area contributed by atoms with Gasteiger partial charge in [0.1, 0.15) is 12.2 Å². The smallest absolute Gasteiger partial charge is 0.344 e. The van der Waals surface area contributed by atoms with Gasteiger partial charge in [0.2, 0.25) is 0 Å². The summed E-state index contributed by atoms with van der Waals surface area (Å²) in [6.45, 7) is 4.90. The Morgan fingerprint density at radius 3 is 2.79 bits per heavy atom. The number of hydrogen-bond donors (Lipinski definition) is 0. The van der Waals surface area contributed by atoms with Crippen LogP contribution in [0.25, 0.3) is 0 Å². The average Bonchev–Trinajstić information content (AvgIpc) is 3.14. The molecular weight excluding hydrogens is 314 g/mol. The lowest BCUT2D eigenvalue weighted by molar-refractivity contribution is -0.172. The Bertz CT molecular complexity index is 635. The van der Waals surface area contributed by atoms with Gasteiger partial charge in [-0.05, 0) is 33.1 Å². The standard InChI is InChI=1S/C17H21NO6/c1-4-16(2,3)14(20)22-7-11(19)23-12-9-5-10-13(12)24-15(21)17(10,6-9)8-18/h9-10,12-13H,4-7H2,1-3H3. The van der Waals surface area contributed by atoms with E-state index in [1.807, 2.05) is 6.92 Å². The lowest BCUT2D eigenvalue weighted by Gasteiger charge is -2.28. The molecule has 5 unspecified atom stereocenters. The Balaban J connectivity index is 1.57. The fourth-order valence-corrected chi connectivity index (χ4v) is 3.94. The molecule has 24 heavy (non-hydrogen) atoms. The minimum atomic E-state index is -1.06. The van der Waals surface area contributed by atoms with Crippen LogP contribution in [0.3, 0.4) is 0 Å². The molecule has 0 aromatic carbocycles. The van der Waals surface area contributed by atoms with E-state index in [0.717, 1.165) is 0 Å². The van der Waals surface area contributed by atoms with E-state index in [9.17, 15) is 19.6 Å². The largest absolute Gasteiger partial charge is 0.457 e. The summed E-state index contributed by atoms with van der Waals surface area (Å²) in [5.41, 5.74) is -1.71. The molecule has 3 fully saturated rings. The van der Waals surface area contributed by atoms with Crippen molar-refractivity contribution in [3.8, 4) is 6.07 Å². The SMILES string of the molecule is CCC(C)(C)C(=O)OCC(=O)OC1C2CC3C1OC(=O)C3(C#N)C2. The van der Waals surface area contributed by atoms with Gasteiger partial charge < -0.3 is 14.2 Å². The number of ether oxygens (including phenoxy) is 3. The summed E-state index contributed by atoms with van der Waals surface area (Å²) in [5.74, 6) is -1.88. The van der Waals surface area contributed by atoms with Crippen molar-refractivity contribution in [3.05, 3.63) is 0 Å². The third-order valence-electron chi connectivity index (χ3n) is 5.79. The quantitative estimate of drug-likeness (QED) is 0.552. The molecule has 0 amide bonds. The molecule has 5 atom stereocenters. The minimum Gasteiger partial charge on any atom is -0.457 e. The van der Waals surface area contributed by atoms with Crippen molar-refractivity contribution >= 4 is 17.9 Å². The molecule has 2 aliphatic carbocycles. The second kappa shape index (κ2) is 5.47. The summed E-state index contributed by atoms with van der Waals surface area (Å²) >= 11 is 0. The van der Waals surface area contributed by atoms with Crippen LogP contribution in [0, 0.1) is 34.0 Å². The third-order valence-corrected chi connectivity index (χ3v) is 5.79. The molecule has 0 radical (unpaired) electrons. The second-order valence-electron chi connectivity index (χ2n) is 7.53. The number of rotatable bonds is 5. The van der Waals surface area contributed by atoms with Crippen LogP contribution in [0.4, 0.5) is 0 Å². The number of fused-ring (bicyclic) bond motifs is 1. The van der Waals surface area contributed by atoms with Crippen LogP contribution in [0.15, 0.2) is 0 Å². The molecule has 130 valence electrons. The highest BCUT2D eigenvalue weighted by molar-refractivity contribution is 5.84. The molecule has 7 nitrogen and oxygen atoms in total. The van der Waals surface area contributed by atoms with Crippen molar-refractivity contribution in [1.29, 1.82) is 5.26 Å². The number of carbonyl (C=O) groups excluding carboxylic acids is 3. The molecule has 0 aromatic heterocycles. The number of nitrogens with zero attached hydrogens (tertiary/aromatic N) is 1. The van der Waals surface area contributed by atoms with Crippen molar-refractivity contribution in [2.45, 2.75) is 52.2 Å². The van der Waals surface area contributed by atoms with Crippen LogP contribution >= 0.6 is 0 Å². The molecule has 2 bridgehead atoms. The summed E-state index contributed by atoms with van der Waals surface area (Å²) in [6.07, 6.45) is 0.506. The van der Waals surface area contributed by atoms with E-state index in [1.165, 1.54) is 0 Å². The molecule has 1 heterocycles. The zero-order chi connectivity index (χ0) is 17.7. The molecule has 1 saturated heterocycles. The van der Waals surface area contributed by atoms with Crippen molar-refractivity contribution in [1.82, 2.24) is 0 Å². The fraction of sp³-hybridized carbons (Fsp3) is 0.765. The first kappa shape index (κ1) is 16.7. The van der Waals surface area contributed by atoms with Gasteiger partial charge in [-0.2, -0.15) is 5.26 Å². The Labute approximate surface area is 140 Å². The second-order valence-corrected chi connectivity index (χ2v) is 7.53. The van der Waals surface area contributed by atoms with Crippen molar-refractivity contribution < 1.29 is 28.6 Å². The predicted molar refractivity (Wildman–Crippen MR) is 79.1 cm³/mol. The zero-order valence-electron chi connectivity index (χ0n) is 14.0. The molecule has 3 aliphatic rings. The molecule has 0 N–H and O–H groups in total. The molecular formula is C17H21NO6. The van der Waals surface area contributed by atoms with Crippen molar-refractivity contribution in [3.63, 3.8) is 0 Å². The fourth-order valence-electron chi connectivity index (χ4n) is 3.94. The minimum absolute atomic E-state index is 0.0576. The van der Waals surface area contributed by atoms with Gasteiger partial charge in [-0.25, -0.2) is 4.79 Å². The lowest BCUT2D eigenvalue weighted by Crippen LogP contribution is -2.40. The molecule has 0 aromatic rings. The number of nitriles is 1. The number of hydrogen-bond acceptors (Lipinski definition) is 7. The van der Waals surface area contributed by atoms with E-state index < -0.39 is 47.6 Å². The molecule has 1 aliphatic heterocycles. The zero-order valence-corrected chi connectivity index (χ0v) is 14.0. The summed E-state index contributed by atoms with van der Waals surface area (Å²) in [4.78, 5) is 35.9. The summed E-state index contributed by atoms with van der Waals surface area (Å²) < 4.78 is 15.7. The lowest BCUT2D eigenvalue weighted by atomic mass is 9.75. The predicted octanol–water partition coefficient (Wildman–Crippen LogP) is 1.35. The highest BCUT2D eigenvalue weighted by Gasteiger charge is 2.72. The summed E-state index contributed by atoms with van der Waals surface area (Å²) in [5, 5.41) is 9.33. The van der Waals surface area contributed by atoms with Crippen molar-refractivity contribution in [2.24, 2.45) is 22.7 Å². The van der Waals surface area contributed by atoms with Gasteiger partial charge in [-0.3, -0.25) is 9.59 Å². The van der Waals surface area contributed by atoms with Crippen LogP contribution < -0.4 is 0 Å². The van der Waals surface area contributed by atoms with Crippen LogP contribution in [0.1, 0.15) is 40.0 Å². The van der Waals surface area contributed by atoms with Crippen LogP contribution in [-0.2, 0) is 28.6 Å². The maximum Gasteiger partial charge on any atom is 0.344 e. The van der Waals surface area contributed by atoms with E-state index in [0.29, 0.717) is 19.3 Å². The summed E-state index contributed by atoms with van der Waals surface area (Å²) in [6, 6.07) is 2.10. The Kier molecular flexibility index (Phi) is 3.82. The molecule has 0 spiro atoms. The first-order valence-corrected chi connectivity index (χ1v) is 8.24. The van der Waals surface area contributed by atoms with E-state index in [-0.39, 0.29) is 11.8 Å². The van der Waals surface area contributed by atoms with E-state index in [2.05, 4.69) is 6.07 Å². The van der Waals surface area contributed by atoms with Crippen LogP contribution in [-0.4, -0.2) is 36.7 Å². The average molecular weight is 335 g/mol. The molecule has 7 heteroatoms. The monoisotopic (exact) mass is 335 g/mol. The van der Waals surface area contributed by atoms with Gasteiger partial charge in [-0.1, -0.05) is 6.92 Å². The maximum absolute atomic E-state index is 12.0. The Morgan fingerprint density at radius 2 is 2.17 bits per heavy atom. The highest BCUT2D eigenvalue weighted by atomic mass is 16.6. The maximum atomic E-state index is 12.0. The van der Waals surface area contributed by atoms with Gasteiger partial charge in [0.05, 0.1) is 11.5 Å². The van der Waals surface area contributed by atoms with Gasteiger partial charge in [-0.15, -0.1) is 0 Å². The van der Waals surface area contributed by atoms with Crippen LogP contribution in [0.2, 0.25) is 0 Å². The van der Waals surface area contributed by atoms with Gasteiger partial charge in [0.15, 0.2) is 12.0 Å². The van der Waals surface area contributed by atoms with Gasteiger partial charge >= 0.3 is 17.9 Å². The van der Waals surface area contributed by atoms with Gasteiger partial charge in [0.25, 0.3) is 0 Å². The van der Waals surface area contributed by atoms with E-state index in [1.54, 1.807) is 13.8 Å². The summed E-state index contributed by atoms with van der Waals surface area (Å²) in [7, 11) is 0. The first-order valence-electron chi connectivity index (χ1n) is 8.24. The van der Waals surface area contributed by atoms with Crippen LogP contribution in [0.5, 0.6) is 0 Å². The first-order chi connectivity index (χ1) is 11.2. The normalized spacial score (nSPS) is 36.2. The molecule has 3 rings (SSSR count). The Hall–Kier alpha value is -2.10. The van der Waals surface area contributed by atoms with Crippen molar-refractivity contribution in [2.75, 3.05) is 6.61 Å². The van der Waals surface area contributed by atoms with E-state index >= 15 is 0 Å². The number of carbonyl (C=O) groups is 3. The Morgan fingerprint density at radius 1 is 1.46 bits per heavy atom. The number of esters is 3.